The first-order chi connectivity index (χ1) is 6.07. The summed E-state index contributed by atoms with van der Waals surface area (Å²) in [6, 6.07) is 0. The summed E-state index contributed by atoms with van der Waals surface area (Å²) in [5, 5.41) is 10.2. The van der Waals surface area contributed by atoms with Gasteiger partial charge in [-0.05, 0) is 15.9 Å². The highest BCUT2D eigenvalue weighted by Gasteiger charge is 2.22. The van der Waals surface area contributed by atoms with Crippen molar-refractivity contribution in [2.45, 2.75) is 0 Å². The zero-order valence-electron chi connectivity index (χ0n) is 6.03. The number of hydrogen-bond donors (Lipinski definition) is 0. The van der Waals surface area contributed by atoms with Crippen molar-refractivity contribution in [3.8, 4) is 0 Å². The number of carbonyl (C=O) groups is 1. The van der Waals surface area contributed by atoms with Crippen LogP contribution in [0.5, 0.6) is 0 Å². The lowest BCUT2D eigenvalue weighted by Crippen LogP contribution is -1.98. The summed E-state index contributed by atoms with van der Waals surface area (Å²) >= 11 is 8.40. The molecule has 0 atom stereocenters. The average molecular weight is 265 g/mol. The van der Waals surface area contributed by atoms with Crippen LogP contribution in [0.1, 0.15) is 10.4 Å². The Balaban J connectivity index is 3.52. The Bertz CT molecular complexity index is 382. The predicted octanol–water partition coefficient (Wildman–Crippen LogP) is 2.22. The lowest BCUT2D eigenvalue weighted by molar-refractivity contribution is -0.385. The van der Waals surface area contributed by atoms with E-state index < -0.39 is 10.6 Å². The normalized spacial score (nSPS) is 9.69. The Morgan fingerprint density at radius 1 is 1.69 bits per heavy atom. The maximum atomic E-state index is 10.5. The number of aldehydes is 1. The van der Waals surface area contributed by atoms with Gasteiger partial charge in [-0.3, -0.25) is 14.9 Å². The van der Waals surface area contributed by atoms with Crippen LogP contribution in [-0.4, -0.2) is 16.2 Å². The van der Waals surface area contributed by atoms with Gasteiger partial charge in [0, 0.05) is 6.20 Å². The Hall–Kier alpha value is -1.01. The molecule has 0 amide bonds. The Kier molecular flexibility index (Phi) is 2.94. The molecule has 7 heteroatoms. The van der Waals surface area contributed by atoms with Crippen LogP contribution in [0.3, 0.4) is 0 Å². The molecule has 1 heterocycles. The number of nitro groups is 1. The second-order valence-corrected chi connectivity index (χ2v) is 3.25. The van der Waals surface area contributed by atoms with Crippen molar-refractivity contribution in [3.05, 3.63) is 31.5 Å². The maximum Gasteiger partial charge on any atom is 0.318 e. The van der Waals surface area contributed by atoms with Gasteiger partial charge in [-0.25, -0.2) is 4.98 Å². The lowest BCUT2D eigenvalue weighted by Gasteiger charge is -1.98. The summed E-state index contributed by atoms with van der Waals surface area (Å²) in [5.74, 6) is 0. The van der Waals surface area contributed by atoms with Crippen LogP contribution in [0.4, 0.5) is 5.69 Å². The quantitative estimate of drug-likeness (QED) is 0.356. The predicted molar refractivity (Wildman–Crippen MR) is 49.0 cm³/mol. The van der Waals surface area contributed by atoms with Gasteiger partial charge in [0.25, 0.3) is 0 Å². The molecular formula is C6H2BrClN2O3. The number of rotatable bonds is 2. The van der Waals surface area contributed by atoms with Crippen LogP contribution in [0.25, 0.3) is 0 Å². The Labute approximate surface area is 86.0 Å². The summed E-state index contributed by atoms with van der Waals surface area (Å²) in [4.78, 5) is 23.7. The number of hydrogen-bond acceptors (Lipinski definition) is 4. The molecule has 13 heavy (non-hydrogen) atoms. The molecule has 1 aromatic heterocycles. The van der Waals surface area contributed by atoms with Crippen LogP contribution in [-0.2, 0) is 0 Å². The largest absolute Gasteiger partial charge is 0.318 e. The van der Waals surface area contributed by atoms with Gasteiger partial charge >= 0.3 is 5.69 Å². The number of halogens is 2. The minimum Gasteiger partial charge on any atom is -0.298 e. The third kappa shape index (κ3) is 1.84. The number of aromatic nitrogens is 1. The second kappa shape index (κ2) is 3.80. The molecule has 0 radical (unpaired) electrons. The van der Waals surface area contributed by atoms with E-state index in [2.05, 4.69) is 20.9 Å². The highest BCUT2D eigenvalue weighted by molar-refractivity contribution is 9.10. The summed E-state index contributed by atoms with van der Waals surface area (Å²) in [5.41, 5.74) is -0.587. The fourth-order valence-electron chi connectivity index (χ4n) is 0.754. The molecular weight excluding hydrogens is 263 g/mol. The van der Waals surface area contributed by atoms with Crippen molar-refractivity contribution in [1.82, 2.24) is 4.98 Å². The summed E-state index contributed by atoms with van der Waals surface area (Å²) < 4.78 is 0.249. The van der Waals surface area contributed by atoms with Crippen LogP contribution < -0.4 is 0 Å². The van der Waals surface area contributed by atoms with Crippen LogP contribution in [0.2, 0.25) is 5.15 Å². The maximum absolute atomic E-state index is 10.5. The van der Waals surface area contributed by atoms with Gasteiger partial charge in [-0.2, -0.15) is 0 Å². The molecule has 0 N–H and O–H groups in total. The smallest absolute Gasteiger partial charge is 0.298 e. The Morgan fingerprint density at radius 3 is 2.69 bits per heavy atom. The van der Waals surface area contributed by atoms with Crippen LogP contribution in [0.15, 0.2) is 10.7 Å². The highest BCUT2D eigenvalue weighted by atomic mass is 79.9. The zero-order chi connectivity index (χ0) is 10.0. The number of carbonyl (C=O) groups excluding carboxylic acids is 1. The second-order valence-electron chi connectivity index (χ2n) is 2.03. The van der Waals surface area contributed by atoms with Gasteiger partial charge in [-0.1, -0.05) is 11.6 Å². The van der Waals surface area contributed by atoms with Crippen molar-refractivity contribution in [2.24, 2.45) is 0 Å². The zero-order valence-corrected chi connectivity index (χ0v) is 8.37. The van der Waals surface area contributed by atoms with Gasteiger partial charge < -0.3 is 0 Å². The molecule has 0 aliphatic carbocycles. The first-order valence-electron chi connectivity index (χ1n) is 3.01. The molecule has 1 rings (SSSR count). The topological polar surface area (TPSA) is 73.1 Å². The SMILES string of the molecule is O=Cc1c(Br)cnc(Cl)c1[N+](=O)[O-]. The first-order valence-corrected chi connectivity index (χ1v) is 4.18. The number of pyridine rings is 1. The van der Waals surface area contributed by atoms with Gasteiger partial charge in [0.2, 0.25) is 5.15 Å². The summed E-state index contributed by atoms with van der Waals surface area (Å²) in [6.45, 7) is 0. The van der Waals surface area contributed by atoms with E-state index in [0.29, 0.717) is 6.29 Å². The molecule has 5 nitrogen and oxygen atoms in total. The van der Waals surface area contributed by atoms with E-state index in [1.165, 1.54) is 6.20 Å². The van der Waals surface area contributed by atoms with Crippen LogP contribution >= 0.6 is 27.5 Å². The van der Waals surface area contributed by atoms with E-state index in [1.54, 1.807) is 0 Å². The molecule has 0 saturated carbocycles. The third-order valence-electron chi connectivity index (χ3n) is 1.30. The van der Waals surface area contributed by atoms with E-state index in [9.17, 15) is 14.9 Å². The molecule has 0 fully saturated rings. The van der Waals surface area contributed by atoms with E-state index in [0.717, 1.165) is 0 Å². The van der Waals surface area contributed by atoms with Crippen molar-refractivity contribution in [1.29, 1.82) is 0 Å². The molecule has 0 aliphatic heterocycles. The van der Waals surface area contributed by atoms with Gasteiger partial charge in [-0.15, -0.1) is 0 Å². The molecule has 0 bridgehead atoms. The van der Waals surface area contributed by atoms with Gasteiger partial charge in [0.15, 0.2) is 6.29 Å². The molecule has 0 saturated heterocycles. The van der Waals surface area contributed by atoms with Crippen LogP contribution in [0, 0.1) is 10.1 Å². The lowest BCUT2D eigenvalue weighted by atomic mass is 10.2. The van der Waals surface area contributed by atoms with E-state index in [1.807, 2.05) is 0 Å². The molecule has 0 aromatic carbocycles. The fourth-order valence-corrected chi connectivity index (χ4v) is 1.36. The standard InChI is InChI=1S/C6H2BrClN2O3/c7-4-1-9-6(8)5(10(12)13)3(4)2-11/h1-2H. The fraction of sp³-hybridized carbons (Fsp3) is 0. The van der Waals surface area contributed by atoms with Crippen molar-refractivity contribution < 1.29 is 9.72 Å². The average Bonchev–Trinajstić information content (AvgIpc) is 2.07. The van der Waals surface area contributed by atoms with E-state index >= 15 is 0 Å². The molecule has 1 aromatic rings. The molecule has 0 spiro atoms. The van der Waals surface area contributed by atoms with Crippen molar-refractivity contribution in [3.63, 3.8) is 0 Å². The minimum atomic E-state index is -0.746. The number of nitrogens with zero attached hydrogens (tertiary/aromatic N) is 2. The third-order valence-corrected chi connectivity index (χ3v) is 2.21. The van der Waals surface area contributed by atoms with Gasteiger partial charge in [0.05, 0.1) is 9.40 Å². The summed E-state index contributed by atoms with van der Waals surface area (Å²) in [6.07, 6.45) is 1.59. The monoisotopic (exact) mass is 264 g/mol. The highest BCUT2D eigenvalue weighted by Crippen LogP contribution is 2.30. The van der Waals surface area contributed by atoms with Gasteiger partial charge in [0.1, 0.15) is 5.56 Å². The minimum absolute atomic E-state index is 0.106. The van der Waals surface area contributed by atoms with E-state index in [4.69, 9.17) is 11.6 Å². The van der Waals surface area contributed by atoms with E-state index in [-0.39, 0.29) is 15.2 Å². The van der Waals surface area contributed by atoms with Crippen molar-refractivity contribution in [2.75, 3.05) is 0 Å². The van der Waals surface area contributed by atoms with Crippen molar-refractivity contribution >= 4 is 39.5 Å². The first kappa shape index (κ1) is 10.1. The Morgan fingerprint density at radius 2 is 2.31 bits per heavy atom. The summed E-state index contributed by atoms with van der Waals surface area (Å²) in [7, 11) is 0. The molecule has 0 aliphatic rings. The molecule has 68 valence electrons. The molecule has 0 unspecified atom stereocenters.